The Kier molecular flexibility index (Phi) is 8.38. The third kappa shape index (κ3) is 5.71. The number of carbonyl (C=O) groups is 1. The molecule has 1 aromatic rings. The van der Waals surface area contributed by atoms with E-state index in [2.05, 4.69) is 10.6 Å². The molecule has 1 aliphatic carbocycles. The largest absolute Gasteiger partial charge is 0.493 e. The van der Waals surface area contributed by atoms with E-state index in [9.17, 15) is 4.79 Å². The van der Waals surface area contributed by atoms with Gasteiger partial charge >= 0.3 is 6.03 Å². The van der Waals surface area contributed by atoms with Crippen molar-refractivity contribution in [1.29, 1.82) is 0 Å². The highest BCUT2D eigenvalue weighted by atomic mass is 16.5. The van der Waals surface area contributed by atoms with Gasteiger partial charge in [0, 0.05) is 18.2 Å². The van der Waals surface area contributed by atoms with E-state index in [-0.39, 0.29) is 6.03 Å². The third-order valence-electron chi connectivity index (χ3n) is 4.91. The van der Waals surface area contributed by atoms with Gasteiger partial charge in [-0.2, -0.15) is 0 Å². The Morgan fingerprint density at radius 3 is 2.23 bits per heavy atom. The minimum atomic E-state index is -0.0879. The van der Waals surface area contributed by atoms with E-state index in [4.69, 9.17) is 14.2 Å². The lowest BCUT2D eigenvalue weighted by Gasteiger charge is -2.21. The standard InChI is InChI=1S/C20H32N2O4/c1-24-17-12-11-15(18(25-2)19(17)26-3)13-14-21-20(23)22-16-9-7-5-4-6-8-10-16/h11-12,16H,4-10,13-14H2,1-3H3,(H2,21,22,23). The van der Waals surface area contributed by atoms with Crippen molar-refractivity contribution in [2.45, 2.75) is 57.4 Å². The third-order valence-corrected chi connectivity index (χ3v) is 4.91. The van der Waals surface area contributed by atoms with Crippen LogP contribution in [0.5, 0.6) is 17.2 Å². The smallest absolute Gasteiger partial charge is 0.315 e. The Morgan fingerprint density at radius 2 is 1.62 bits per heavy atom. The van der Waals surface area contributed by atoms with Gasteiger partial charge in [0.25, 0.3) is 0 Å². The quantitative estimate of drug-likeness (QED) is 0.775. The number of methoxy groups -OCH3 is 3. The number of amides is 2. The van der Waals surface area contributed by atoms with Crippen LogP contribution in [0.15, 0.2) is 12.1 Å². The second-order valence-corrected chi connectivity index (χ2v) is 6.69. The van der Waals surface area contributed by atoms with Crippen LogP contribution >= 0.6 is 0 Å². The van der Waals surface area contributed by atoms with E-state index in [1.54, 1.807) is 21.3 Å². The van der Waals surface area contributed by atoms with Crippen LogP contribution in [-0.2, 0) is 6.42 Å². The molecule has 0 aliphatic heterocycles. The summed E-state index contributed by atoms with van der Waals surface area (Å²) in [7, 11) is 4.79. The van der Waals surface area contributed by atoms with Gasteiger partial charge in [-0.1, -0.05) is 38.2 Å². The normalized spacial score (nSPS) is 15.5. The molecule has 2 N–H and O–H groups in total. The molecule has 0 unspecified atom stereocenters. The number of urea groups is 1. The predicted molar refractivity (Wildman–Crippen MR) is 102 cm³/mol. The number of ether oxygens (including phenoxy) is 3. The lowest BCUT2D eigenvalue weighted by atomic mass is 9.97. The van der Waals surface area contributed by atoms with E-state index in [1.807, 2.05) is 12.1 Å². The first-order chi connectivity index (χ1) is 12.7. The molecule has 1 aliphatic rings. The molecule has 2 amide bonds. The number of hydrogen-bond acceptors (Lipinski definition) is 4. The molecule has 1 saturated carbocycles. The minimum Gasteiger partial charge on any atom is -0.493 e. The Bertz CT molecular complexity index is 569. The Balaban J connectivity index is 1.85. The first-order valence-electron chi connectivity index (χ1n) is 9.51. The molecule has 146 valence electrons. The SMILES string of the molecule is COc1ccc(CCNC(=O)NC2CCCCCCC2)c(OC)c1OC. The van der Waals surface area contributed by atoms with Crippen molar-refractivity contribution in [3.8, 4) is 17.2 Å². The van der Waals surface area contributed by atoms with Crippen LogP contribution in [0.2, 0.25) is 0 Å². The lowest BCUT2D eigenvalue weighted by molar-refractivity contribution is 0.234. The van der Waals surface area contributed by atoms with Crippen LogP contribution in [0.4, 0.5) is 4.79 Å². The van der Waals surface area contributed by atoms with Crippen molar-refractivity contribution < 1.29 is 19.0 Å². The Hall–Kier alpha value is -2.11. The molecule has 0 heterocycles. The maximum absolute atomic E-state index is 12.2. The second-order valence-electron chi connectivity index (χ2n) is 6.69. The van der Waals surface area contributed by atoms with Gasteiger partial charge < -0.3 is 24.8 Å². The fraction of sp³-hybridized carbons (Fsp3) is 0.650. The maximum atomic E-state index is 12.2. The van der Waals surface area contributed by atoms with Crippen LogP contribution in [0, 0.1) is 0 Å². The molecule has 0 saturated heterocycles. The maximum Gasteiger partial charge on any atom is 0.315 e. The fourth-order valence-electron chi connectivity index (χ4n) is 3.51. The second kappa shape index (κ2) is 10.8. The van der Waals surface area contributed by atoms with Gasteiger partial charge in [0.15, 0.2) is 11.5 Å². The molecule has 0 aromatic heterocycles. The fourth-order valence-corrected chi connectivity index (χ4v) is 3.51. The summed E-state index contributed by atoms with van der Waals surface area (Å²) >= 11 is 0. The molecule has 0 radical (unpaired) electrons. The van der Waals surface area contributed by atoms with Gasteiger partial charge in [0.2, 0.25) is 5.75 Å². The van der Waals surface area contributed by atoms with Gasteiger partial charge in [-0.25, -0.2) is 4.79 Å². The molecule has 6 heteroatoms. The molecule has 6 nitrogen and oxygen atoms in total. The molecule has 1 fully saturated rings. The Labute approximate surface area is 156 Å². The van der Waals surface area contributed by atoms with Gasteiger partial charge in [-0.15, -0.1) is 0 Å². The first kappa shape index (κ1) is 20.2. The van der Waals surface area contributed by atoms with E-state index < -0.39 is 0 Å². The van der Waals surface area contributed by atoms with Crippen molar-refractivity contribution in [1.82, 2.24) is 10.6 Å². The first-order valence-corrected chi connectivity index (χ1v) is 9.51. The molecule has 2 rings (SSSR count). The van der Waals surface area contributed by atoms with Gasteiger partial charge in [0.1, 0.15) is 0 Å². The molecular weight excluding hydrogens is 332 g/mol. The predicted octanol–water partition coefficient (Wildman–Crippen LogP) is 3.67. The molecule has 0 bridgehead atoms. The van der Waals surface area contributed by atoms with Crippen LogP contribution in [0.1, 0.15) is 50.5 Å². The van der Waals surface area contributed by atoms with E-state index >= 15 is 0 Å². The number of rotatable bonds is 7. The van der Waals surface area contributed by atoms with E-state index in [0.717, 1.165) is 18.4 Å². The van der Waals surface area contributed by atoms with Crippen molar-refractivity contribution in [3.05, 3.63) is 17.7 Å². The average molecular weight is 364 g/mol. The summed E-state index contributed by atoms with van der Waals surface area (Å²) in [4.78, 5) is 12.2. The van der Waals surface area contributed by atoms with Gasteiger partial charge in [-0.3, -0.25) is 0 Å². The van der Waals surface area contributed by atoms with Crippen LogP contribution < -0.4 is 24.8 Å². The number of hydrogen-bond donors (Lipinski definition) is 2. The van der Waals surface area contributed by atoms with Gasteiger partial charge in [-0.05, 0) is 25.3 Å². The highest BCUT2D eigenvalue weighted by Gasteiger charge is 2.16. The topological polar surface area (TPSA) is 68.8 Å². The number of carbonyl (C=O) groups excluding carboxylic acids is 1. The zero-order chi connectivity index (χ0) is 18.8. The van der Waals surface area contributed by atoms with E-state index in [1.165, 1.54) is 32.1 Å². The van der Waals surface area contributed by atoms with Crippen LogP contribution in [0.3, 0.4) is 0 Å². The lowest BCUT2D eigenvalue weighted by Crippen LogP contribution is -2.43. The molecular formula is C20H32N2O4. The molecule has 1 aromatic carbocycles. The van der Waals surface area contributed by atoms with Crippen molar-refractivity contribution in [2.24, 2.45) is 0 Å². The minimum absolute atomic E-state index is 0.0879. The molecule has 26 heavy (non-hydrogen) atoms. The summed E-state index contributed by atoms with van der Waals surface area (Å²) in [6.07, 6.45) is 9.10. The summed E-state index contributed by atoms with van der Waals surface area (Å²) in [6, 6.07) is 4.00. The van der Waals surface area contributed by atoms with Gasteiger partial charge in [0.05, 0.1) is 21.3 Å². The van der Waals surface area contributed by atoms with Crippen molar-refractivity contribution in [2.75, 3.05) is 27.9 Å². The number of nitrogens with one attached hydrogen (secondary N) is 2. The molecule has 0 spiro atoms. The summed E-state index contributed by atoms with van der Waals surface area (Å²) in [5.74, 6) is 1.85. The Morgan fingerprint density at radius 1 is 0.962 bits per heavy atom. The molecule has 0 atom stereocenters. The summed E-state index contributed by atoms with van der Waals surface area (Å²) in [5, 5.41) is 6.07. The highest BCUT2D eigenvalue weighted by Crippen LogP contribution is 2.39. The highest BCUT2D eigenvalue weighted by molar-refractivity contribution is 5.74. The zero-order valence-corrected chi connectivity index (χ0v) is 16.2. The number of benzene rings is 1. The van der Waals surface area contributed by atoms with Crippen LogP contribution in [0.25, 0.3) is 0 Å². The van der Waals surface area contributed by atoms with Crippen molar-refractivity contribution in [3.63, 3.8) is 0 Å². The van der Waals surface area contributed by atoms with Crippen LogP contribution in [-0.4, -0.2) is 39.9 Å². The summed E-state index contributed by atoms with van der Waals surface area (Å²) in [5.41, 5.74) is 0.969. The van der Waals surface area contributed by atoms with Crippen molar-refractivity contribution >= 4 is 6.03 Å². The van der Waals surface area contributed by atoms with E-state index in [0.29, 0.717) is 36.3 Å². The monoisotopic (exact) mass is 364 g/mol. The zero-order valence-electron chi connectivity index (χ0n) is 16.2. The summed E-state index contributed by atoms with van der Waals surface area (Å²) in [6.45, 7) is 0.532. The average Bonchev–Trinajstić information content (AvgIpc) is 2.63. The summed E-state index contributed by atoms with van der Waals surface area (Å²) < 4.78 is 16.2.